The molecular formula is C9H6NO4+. The van der Waals surface area contributed by atoms with Crippen molar-refractivity contribution in [2.45, 2.75) is 0 Å². The molecule has 0 aliphatic carbocycles. The molecule has 0 saturated heterocycles. The third kappa shape index (κ3) is 1.47. The lowest BCUT2D eigenvalue weighted by molar-refractivity contribution is -0.554. The second-order valence-corrected chi connectivity index (χ2v) is 2.44. The Kier molecular flexibility index (Phi) is 2.96. The van der Waals surface area contributed by atoms with Gasteiger partial charge in [-0.3, -0.25) is 14.4 Å². The van der Waals surface area contributed by atoms with Crippen molar-refractivity contribution in [2.24, 2.45) is 0 Å². The first-order chi connectivity index (χ1) is 6.78. The molecule has 0 fully saturated rings. The summed E-state index contributed by atoms with van der Waals surface area (Å²) in [5.74, 6) is 0. The molecule has 5 nitrogen and oxygen atoms in total. The normalized spacial score (nSPS) is 9.14. The third-order valence-electron chi connectivity index (χ3n) is 1.75. The zero-order valence-corrected chi connectivity index (χ0v) is 7.04. The lowest BCUT2D eigenvalue weighted by Gasteiger charge is -1.96. The predicted molar refractivity (Wildman–Crippen MR) is 44.9 cm³/mol. The first kappa shape index (κ1) is 9.91. The fourth-order valence-corrected chi connectivity index (χ4v) is 1.07. The Morgan fingerprint density at radius 3 is 2.14 bits per heavy atom. The summed E-state index contributed by atoms with van der Waals surface area (Å²) < 4.78 is 0.934. The Morgan fingerprint density at radius 2 is 1.71 bits per heavy atom. The van der Waals surface area contributed by atoms with Crippen molar-refractivity contribution in [1.82, 2.24) is 0 Å². The lowest BCUT2D eigenvalue weighted by atomic mass is 10.1. The monoisotopic (exact) mass is 192 g/mol. The number of pyridine rings is 1. The zero-order chi connectivity index (χ0) is 10.6. The highest BCUT2D eigenvalue weighted by Crippen LogP contribution is 2.04. The molecule has 1 aromatic heterocycles. The van der Waals surface area contributed by atoms with Crippen LogP contribution in [0.4, 0.5) is 0 Å². The molecule has 0 amide bonds. The molecule has 0 atom stereocenters. The van der Waals surface area contributed by atoms with Gasteiger partial charge in [0.25, 0.3) is 5.69 Å². The smallest absolute Gasteiger partial charge is 0.298 e. The molecule has 0 radical (unpaired) electrons. The number of carbonyl (C=O) groups excluding carboxylic acids is 4. The molecule has 0 saturated carbocycles. The summed E-state index contributed by atoms with van der Waals surface area (Å²) in [6, 6.07) is 1.29. The van der Waals surface area contributed by atoms with Crippen molar-refractivity contribution in [3.8, 4) is 0 Å². The van der Waals surface area contributed by atoms with Crippen molar-refractivity contribution < 1.29 is 23.7 Å². The maximum absolute atomic E-state index is 10.6. The van der Waals surface area contributed by atoms with E-state index in [1.165, 1.54) is 12.3 Å². The van der Waals surface area contributed by atoms with Gasteiger partial charge >= 0.3 is 6.41 Å². The van der Waals surface area contributed by atoms with Crippen molar-refractivity contribution in [3.05, 3.63) is 29.1 Å². The molecule has 5 heteroatoms. The van der Waals surface area contributed by atoms with Crippen LogP contribution in [0.3, 0.4) is 0 Å². The van der Waals surface area contributed by atoms with Gasteiger partial charge in [-0.2, -0.15) is 0 Å². The maximum atomic E-state index is 10.6. The van der Waals surface area contributed by atoms with E-state index < -0.39 is 0 Å². The van der Waals surface area contributed by atoms with E-state index in [1.54, 1.807) is 0 Å². The Bertz CT molecular complexity index is 373. The number of hydrogen-bond donors (Lipinski definition) is 0. The van der Waals surface area contributed by atoms with Crippen LogP contribution in [-0.4, -0.2) is 25.3 Å². The molecule has 0 aliphatic heterocycles. The van der Waals surface area contributed by atoms with Gasteiger partial charge < -0.3 is 0 Å². The first-order valence-corrected chi connectivity index (χ1v) is 3.67. The first-order valence-electron chi connectivity index (χ1n) is 3.67. The van der Waals surface area contributed by atoms with Crippen LogP contribution >= 0.6 is 0 Å². The summed E-state index contributed by atoms with van der Waals surface area (Å²) in [4.78, 5) is 42.1. The van der Waals surface area contributed by atoms with Gasteiger partial charge in [0.2, 0.25) is 6.29 Å². The summed E-state index contributed by atoms with van der Waals surface area (Å²) in [6.07, 6.45) is 2.79. The van der Waals surface area contributed by atoms with Gasteiger partial charge in [0.1, 0.15) is 5.56 Å². The molecule has 0 unspecified atom stereocenters. The van der Waals surface area contributed by atoms with E-state index >= 15 is 0 Å². The number of aldehydes is 3. The Labute approximate surface area is 79.0 Å². The van der Waals surface area contributed by atoms with E-state index in [4.69, 9.17) is 0 Å². The fraction of sp³-hybridized carbons (Fsp3) is 0. The van der Waals surface area contributed by atoms with Crippen LogP contribution in [-0.2, 0) is 4.79 Å². The molecule has 70 valence electrons. The van der Waals surface area contributed by atoms with Crippen molar-refractivity contribution in [1.29, 1.82) is 0 Å². The molecule has 1 rings (SSSR count). The standard InChI is InChI=1S/C9H6NO4/c11-3-7-1-2-10(6-14)9(5-13)8(7)4-12/h1-6H/q+1. The second kappa shape index (κ2) is 4.18. The van der Waals surface area contributed by atoms with Gasteiger partial charge in [-0.1, -0.05) is 0 Å². The van der Waals surface area contributed by atoms with Crippen LogP contribution in [0.25, 0.3) is 0 Å². The SMILES string of the molecule is O=Cc1cc[n+](C=O)c(C=O)c1C=O. The summed E-state index contributed by atoms with van der Waals surface area (Å²) >= 11 is 0. The van der Waals surface area contributed by atoms with Crippen LogP contribution in [0, 0.1) is 0 Å². The van der Waals surface area contributed by atoms with Crippen LogP contribution in [0.15, 0.2) is 12.3 Å². The van der Waals surface area contributed by atoms with Crippen molar-refractivity contribution >= 4 is 25.3 Å². The molecule has 1 heterocycles. The minimum absolute atomic E-state index is 0.0791. The highest BCUT2D eigenvalue weighted by atomic mass is 16.1. The van der Waals surface area contributed by atoms with Crippen LogP contribution < -0.4 is 4.57 Å². The van der Waals surface area contributed by atoms with Crippen molar-refractivity contribution in [3.63, 3.8) is 0 Å². The Hall–Kier alpha value is -2.17. The number of carbonyl (C=O) groups is 4. The summed E-state index contributed by atoms with van der Waals surface area (Å²) in [5, 5.41) is 0. The quantitative estimate of drug-likeness (QED) is 0.474. The molecule has 0 aromatic carbocycles. The third-order valence-corrected chi connectivity index (χ3v) is 1.75. The Morgan fingerprint density at radius 1 is 1.00 bits per heavy atom. The van der Waals surface area contributed by atoms with E-state index in [2.05, 4.69) is 0 Å². The minimum atomic E-state index is -0.125. The predicted octanol–water partition coefficient (Wildman–Crippen LogP) is -0.550. The summed E-state index contributed by atoms with van der Waals surface area (Å²) in [6.45, 7) is 0. The number of nitrogens with zero attached hydrogens (tertiary/aromatic N) is 1. The van der Waals surface area contributed by atoms with Crippen LogP contribution in [0.5, 0.6) is 0 Å². The number of rotatable bonds is 4. The largest absolute Gasteiger partial charge is 0.380 e. The molecule has 0 bridgehead atoms. The average Bonchev–Trinajstić information content (AvgIpc) is 2.26. The highest BCUT2D eigenvalue weighted by molar-refractivity contribution is 5.96. The van der Waals surface area contributed by atoms with Gasteiger partial charge in [0, 0.05) is 11.6 Å². The van der Waals surface area contributed by atoms with Crippen LogP contribution in [0.2, 0.25) is 0 Å². The van der Waals surface area contributed by atoms with E-state index in [-0.39, 0.29) is 16.8 Å². The lowest BCUT2D eigenvalue weighted by Crippen LogP contribution is -2.39. The zero-order valence-electron chi connectivity index (χ0n) is 7.04. The summed E-state index contributed by atoms with van der Waals surface area (Å²) in [7, 11) is 0. The minimum Gasteiger partial charge on any atom is -0.298 e. The van der Waals surface area contributed by atoms with Gasteiger partial charge in [-0.05, 0) is 0 Å². The van der Waals surface area contributed by atoms with E-state index in [9.17, 15) is 19.2 Å². The maximum Gasteiger partial charge on any atom is 0.380 e. The van der Waals surface area contributed by atoms with E-state index in [0.717, 1.165) is 4.57 Å². The van der Waals surface area contributed by atoms with Crippen molar-refractivity contribution in [2.75, 3.05) is 0 Å². The molecule has 0 spiro atoms. The van der Waals surface area contributed by atoms with Gasteiger partial charge in [0.15, 0.2) is 18.8 Å². The Balaban J connectivity index is 3.58. The topological polar surface area (TPSA) is 72.2 Å². The molecule has 1 aromatic rings. The molecular weight excluding hydrogens is 186 g/mol. The van der Waals surface area contributed by atoms with Gasteiger partial charge in [-0.15, -0.1) is 4.57 Å². The number of hydrogen-bond acceptors (Lipinski definition) is 4. The molecule has 0 aliphatic rings. The number of aromatic nitrogens is 1. The molecule has 0 N–H and O–H groups in total. The van der Waals surface area contributed by atoms with Gasteiger partial charge in [-0.25, -0.2) is 4.79 Å². The average molecular weight is 192 g/mol. The summed E-state index contributed by atoms with van der Waals surface area (Å²) in [5.41, 5.74) is -0.121. The highest BCUT2D eigenvalue weighted by Gasteiger charge is 2.18. The second-order valence-electron chi connectivity index (χ2n) is 2.44. The molecule has 14 heavy (non-hydrogen) atoms. The van der Waals surface area contributed by atoms with E-state index in [0.29, 0.717) is 25.3 Å². The fourth-order valence-electron chi connectivity index (χ4n) is 1.07. The van der Waals surface area contributed by atoms with Gasteiger partial charge in [0.05, 0.1) is 0 Å². The van der Waals surface area contributed by atoms with E-state index in [1.807, 2.05) is 0 Å². The van der Waals surface area contributed by atoms with Crippen LogP contribution in [0.1, 0.15) is 31.2 Å².